The first-order valence-electron chi connectivity index (χ1n) is 5.69. The summed E-state index contributed by atoms with van der Waals surface area (Å²) in [6.07, 6.45) is 0.852. The number of nitrogens with zero attached hydrogens (tertiary/aromatic N) is 1. The maximum absolute atomic E-state index is 11.8. The van der Waals surface area contributed by atoms with Gasteiger partial charge in [0.1, 0.15) is 11.4 Å². The Kier molecular flexibility index (Phi) is 3.61. The van der Waals surface area contributed by atoms with E-state index in [1.165, 1.54) is 0 Å². The van der Waals surface area contributed by atoms with Crippen molar-refractivity contribution in [3.8, 4) is 0 Å². The number of Topliss-reactive ketones (excluding diaryl/α,β-unsaturated/α-hetero) is 1. The molecule has 0 N–H and O–H groups in total. The molecule has 0 heterocycles. The number of hydrogen-bond donors (Lipinski definition) is 0. The Bertz CT molecular complexity index is 293. The van der Waals surface area contributed by atoms with E-state index in [1.54, 1.807) is 11.9 Å². The van der Waals surface area contributed by atoms with Gasteiger partial charge in [0.05, 0.1) is 0 Å². The van der Waals surface area contributed by atoms with Crippen LogP contribution in [0.25, 0.3) is 0 Å². The van der Waals surface area contributed by atoms with Crippen molar-refractivity contribution in [2.45, 2.75) is 52.2 Å². The number of ketones is 1. The Morgan fingerprint density at radius 2 is 2.00 bits per heavy atom. The number of hydrogen-bond acceptors (Lipinski definition) is 3. The van der Waals surface area contributed by atoms with Crippen LogP contribution in [0.3, 0.4) is 0 Å². The second-order valence-electron chi connectivity index (χ2n) is 5.55. The molecule has 2 atom stereocenters. The molecule has 0 radical (unpaired) electrons. The highest BCUT2D eigenvalue weighted by Gasteiger charge is 2.35. The minimum Gasteiger partial charge on any atom is -0.444 e. The van der Waals surface area contributed by atoms with Crippen LogP contribution in [0.2, 0.25) is 0 Å². The second-order valence-corrected chi connectivity index (χ2v) is 5.55. The average molecular weight is 227 g/mol. The minimum atomic E-state index is -0.487. The van der Waals surface area contributed by atoms with Gasteiger partial charge in [-0.2, -0.15) is 0 Å². The lowest BCUT2D eigenvalue weighted by molar-refractivity contribution is -0.120. The largest absolute Gasteiger partial charge is 0.444 e. The van der Waals surface area contributed by atoms with Crippen LogP contribution < -0.4 is 0 Å². The zero-order chi connectivity index (χ0) is 12.5. The summed E-state index contributed by atoms with van der Waals surface area (Å²) in [5.41, 5.74) is -0.487. The minimum absolute atomic E-state index is 0.00245. The summed E-state index contributed by atoms with van der Waals surface area (Å²) in [5.74, 6) is 0.301. The zero-order valence-electron chi connectivity index (χ0n) is 10.7. The summed E-state index contributed by atoms with van der Waals surface area (Å²) in [7, 11) is 1.70. The third-order valence-electron chi connectivity index (χ3n) is 2.84. The van der Waals surface area contributed by atoms with Crippen LogP contribution in [0, 0.1) is 5.92 Å². The summed E-state index contributed by atoms with van der Waals surface area (Å²) in [5, 5.41) is 0. The topological polar surface area (TPSA) is 46.6 Å². The fraction of sp³-hybridized carbons (Fsp3) is 0.833. The van der Waals surface area contributed by atoms with E-state index in [9.17, 15) is 9.59 Å². The van der Waals surface area contributed by atoms with Gasteiger partial charge >= 0.3 is 6.09 Å². The maximum atomic E-state index is 11.8. The summed E-state index contributed by atoms with van der Waals surface area (Å²) in [6, 6.07) is -0.00245. The molecule has 0 aromatic rings. The molecule has 1 aliphatic rings. The lowest BCUT2D eigenvalue weighted by atomic mass is 10.1. The van der Waals surface area contributed by atoms with E-state index in [1.807, 2.05) is 27.7 Å². The van der Waals surface area contributed by atoms with Gasteiger partial charge in [0.15, 0.2) is 0 Å². The Balaban J connectivity index is 2.55. The van der Waals surface area contributed by atoms with Gasteiger partial charge in [-0.05, 0) is 27.2 Å². The van der Waals surface area contributed by atoms with Crippen LogP contribution in [0.4, 0.5) is 4.79 Å². The van der Waals surface area contributed by atoms with Crippen LogP contribution >= 0.6 is 0 Å². The Labute approximate surface area is 96.9 Å². The molecule has 0 aromatic heterocycles. The molecule has 0 aliphatic heterocycles. The molecule has 1 fully saturated rings. The number of rotatable bonds is 1. The smallest absolute Gasteiger partial charge is 0.410 e. The maximum Gasteiger partial charge on any atom is 0.410 e. The Hall–Kier alpha value is -1.06. The van der Waals surface area contributed by atoms with Gasteiger partial charge in [0.2, 0.25) is 0 Å². The molecule has 1 rings (SSSR count). The lowest BCUT2D eigenvalue weighted by Crippen LogP contribution is -2.39. The van der Waals surface area contributed by atoms with Gasteiger partial charge in [-0.3, -0.25) is 4.79 Å². The van der Waals surface area contributed by atoms with Crippen LogP contribution in [0.1, 0.15) is 40.5 Å². The summed E-state index contributed by atoms with van der Waals surface area (Å²) < 4.78 is 5.26. The van der Waals surface area contributed by atoms with E-state index in [0.717, 1.165) is 6.42 Å². The molecule has 4 heteroatoms. The molecule has 1 amide bonds. The number of carbonyl (C=O) groups excluding carboxylic acids is 2. The SMILES string of the molecule is CC1CC(N(C)C(=O)OC(C)(C)C)CC1=O. The molecule has 2 unspecified atom stereocenters. The average Bonchev–Trinajstić information content (AvgIpc) is 2.43. The summed E-state index contributed by atoms with van der Waals surface area (Å²) in [4.78, 5) is 24.7. The van der Waals surface area contributed by atoms with Crippen molar-refractivity contribution >= 4 is 11.9 Å². The van der Waals surface area contributed by atoms with Crippen LogP contribution in [-0.4, -0.2) is 35.5 Å². The second kappa shape index (κ2) is 4.44. The predicted octanol–water partition coefficient (Wildman–Crippen LogP) is 2.22. The first-order chi connectivity index (χ1) is 7.20. The van der Waals surface area contributed by atoms with Gasteiger partial charge in [-0.1, -0.05) is 6.92 Å². The Morgan fingerprint density at radius 3 is 2.38 bits per heavy atom. The summed E-state index contributed by atoms with van der Waals surface area (Å²) >= 11 is 0. The van der Waals surface area contributed by atoms with Crippen molar-refractivity contribution in [2.24, 2.45) is 5.92 Å². The fourth-order valence-corrected chi connectivity index (χ4v) is 1.83. The van der Waals surface area contributed by atoms with Gasteiger partial charge in [0.25, 0.3) is 0 Å². The van der Waals surface area contributed by atoms with Crippen molar-refractivity contribution in [3.05, 3.63) is 0 Å². The third kappa shape index (κ3) is 3.22. The van der Waals surface area contributed by atoms with E-state index in [4.69, 9.17) is 4.74 Å². The van der Waals surface area contributed by atoms with Gasteiger partial charge in [0, 0.05) is 25.4 Å². The molecule has 1 saturated carbocycles. The number of ether oxygens (including phenoxy) is 1. The molecule has 0 saturated heterocycles. The predicted molar refractivity (Wildman–Crippen MR) is 61.2 cm³/mol. The van der Waals surface area contributed by atoms with Crippen molar-refractivity contribution in [1.82, 2.24) is 4.90 Å². The molecular formula is C12H21NO3. The molecule has 1 aliphatic carbocycles. The first kappa shape index (κ1) is 13.0. The highest BCUT2D eigenvalue weighted by molar-refractivity contribution is 5.84. The number of amides is 1. The van der Waals surface area contributed by atoms with Crippen molar-refractivity contribution in [3.63, 3.8) is 0 Å². The normalized spacial score (nSPS) is 25.7. The van der Waals surface area contributed by atoms with Crippen LogP contribution in [0.15, 0.2) is 0 Å². The molecule has 92 valence electrons. The summed E-state index contributed by atoms with van der Waals surface area (Å²) in [6.45, 7) is 7.41. The van der Waals surface area contributed by atoms with E-state index in [0.29, 0.717) is 6.42 Å². The standard InChI is InChI=1S/C12H21NO3/c1-8-6-9(7-10(8)14)13(5)11(15)16-12(2,3)4/h8-9H,6-7H2,1-5H3. The van der Waals surface area contributed by atoms with Gasteiger partial charge in [-0.25, -0.2) is 4.79 Å². The molecule has 4 nitrogen and oxygen atoms in total. The van der Waals surface area contributed by atoms with Crippen LogP contribution in [0.5, 0.6) is 0 Å². The molecule has 16 heavy (non-hydrogen) atoms. The fourth-order valence-electron chi connectivity index (χ4n) is 1.83. The molecular weight excluding hydrogens is 206 g/mol. The van der Waals surface area contributed by atoms with Crippen molar-refractivity contribution in [1.29, 1.82) is 0 Å². The van der Waals surface area contributed by atoms with Crippen molar-refractivity contribution in [2.75, 3.05) is 7.05 Å². The number of carbonyl (C=O) groups is 2. The first-order valence-corrected chi connectivity index (χ1v) is 5.69. The van der Waals surface area contributed by atoms with E-state index in [-0.39, 0.29) is 23.8 Å². The molecule has 0 aromatic carbocycles. The highest BCUT2D eigenvalue weighted by atomic mass is 16.6. The molecule has 0 spiro atoms. The van der Waals surface area contributed by atoms with Crippen molar-refractivity contribution < 1.29 is 14.3 Å². The van der Waals surface area contributed by atoms with Gasteiger partial charge < -0.3 is 9.64 Å². The third-order valence-corrected chi connectivity index (χ3v) is 2.84. The van der Waals surface area contributed by atoms with E-state index in [2.05, 4.69) is 0 Å². The Morgan fingerprint density at radius 1 is 1.44 bits per heavy atom. The van der Waals surface area contributed by atoms with E-state index >= 15 is 0 Å². The van der Waals surface area contributed by atoms with E-state index < -0.39 is 5.60 Å². The lowest BCUT2D eigenvalue weighted by Gasteiger charge is -2.28. The quantitative estimate of drug-likeness (QED) is 0.690. The monoisotopic (exact) mass is 227 g/mol. The highest BCUT2D eigenvalue weighted by Crippen LogP contribution is 2.26. The van der Waals surface area contributed by atoms with Crippen LogP contribution in [-0.2, 0) is 9.53 Å². The zero-order valence-corrected chi connectivity index (χ0v) is 10.7. The molecule has 0 bridgehead atoms. The van der Waals surface area contributed by atoms with Gasteiger partial charge in [-0.15, -0.1) is 0 Å².